The minimum Gasteiger partial charge on any atom is -0.308 e. The van der Waals surface area contributed by atoms with Gasteiger partial charge >= 0.3 is 0 Å². The van der Waals surface area contributed by atoms with Gasteiger partial charge in [0.05, 0.1) is 11.4 Å². The van der Waals surface area contributed by atoms with E-state index in [9.17, 15) is 4.39 Å². The number of aromatic nitrogens is 2. The van der Waals surface area contributed by atoms with Crippen LogP contribution in [0.2, 0.25) is 5.02 Å². The third kappa shape index (κ3) is 2.71. The Morgan fingerprint density at radius 2 is 2.22 bits per heavy atom. The molecule has 0 spiro atoms. The van der Waals surface area contributed by atoms with Gasteiger partial charge in [-0.15, -0.1) is 0 Å². The Morgan fingerprint density at radius 3 is 2.94 bits per heavy atom. The van der Waals surface area contributed by atoms with Crippen molar-refractivity contribution in [2.45, 2.75) is 25.4 Å². The van der Waals surface area contributed by atoms with Gasteiger partial charge < -0.3 is 5.32 Å². The molecule has 0 radical (unpaired) electrons. The van der Waals surface area contributed by atoms with Gasteiger partial charge in [-0.05, 0) is 37.1 Å². The number of nitrogens with zero attached hydrogens (tertiary/aromatic N) is 2. The molecule has 3 rings (SSSR count). The van der Waals surface area contributed by atoms with Crippen molar-refractivity contribution in [1.29, 1.82) is 0 Å². The van der Waals surface area contributed by atoms with E-state index in [1.54, 1.807) is 10.7 Å². The minimum atomic E-state index is -0.356. The molecule has 0 saturated heterocycles. The average molecular weight is 266 g/mol. The van der Waals surface area contributed by atoms with Gasteiger partial charge in [0.2, 0.25) is 0 Å². The molecular formula is C13H13ClFN3. The lowest BCUT2D eigenvalue weighted by molar-refractivity contribution is 0.624. The van der Waals surface area contributed by atoms with E-state index >= 15 is 0 Å². The highest BCUT2D eigenvalue weighted by Crippen LogP contribution is 2.20. The molecule has 0 amide bonds. The van der Waals surface area contributed by atoms with E-state index in [0.717, 1.165) is 12.2 Å². The number of hydrogen-bond donors (Lipinski definition) is 1. The van der Waals surface area contributed by atoms with Crippen molar-refractivity contribution in [3.05, 3.63) is 47.0 Å². The molecule has 2 aromatic rings. The van der Waals surface area contributed by atoms with Crippen molar-refractivity contribution in [1.82, 2.24) is 15.1 Å². The summed E-state index contributed by atoms with van der Waals surface area (Å²) in [5.74, 6) is -0.356. The third-order valence-corrected chi connectivity index (χ3v) is 3.12. The lowest BCUT2D eigenvalue weighted by atomic mass is 10.3. The fourth-order valence-corrected chi connectivity index (χ4v) is 2.02. The van der Waals surface area contributed by atoms with Crippen LogP contribution in [-0.2, 0) is 6.54 Å². The topological polar surface area (TPSA) is 29.9 Å². The maximum atomic E-state index is 13.2. The summed E-state index contributed by atoms with van der Waals surface area (Å²) in [6, 6.07) is 6.96. The molecule has 1 aromatic heterocycles. The fraction of sp³-hybridized carbons (Fsp3) is 0.308. The first kappa shape index (κ1) is 11.7. The molecule has 94 valence electrons. The van der Waals surface area contributed by atoms with Gasteiger partial charge in [-0.2, -0.15) is 5.10 Å². The molecule has 1 fully saturated rings. The van der Waals surface area contributed by atoms with Crippen LogP contribution in [0.5, 0.6) is 0 Å². The molecule has 3 nitrogen and oxygen atoms in total. The predicted molar refractivity (Wildman–Crippen MR) is 68.4 cm³/mol. The maximum absolute atomic E-state index is 13.2. The summed E-state index contributed by atoms with van der Waals surface area (Å²) in [7, 11) is 0. The van der Waals surface area contributed by atoms with Crippen LogP contribution in [0.4, 0.5) is 4.39 Å². The zero-order valence-corrected chi connectivity index (χ0v) is 10.5. The van der Waals surface area contributed by atoms with E-state index in [-0.39, 0.29) is 5.82 Å². The summed E-state index contributed by atoms with van der Waals surface area (Å²) in [5.41, 5.74) is 1.58. The van der Waals surface area contributed by atoms with Gasteiger partial charge in [0, 0.05) is 23.8 Å². The van der Waals surface area contributed by atoms with Crippen LogP contribution in [0.1, 0.15) is 18.5 Å². The smallest absolute Gasteiger partial charge is 0.126 e. The van der Waals surface area contributed by atoms with Gasteiger partial charge in [0.15, 0.2) is 0 Å². The highest BCUT2D eigenvalue weighted by molar-refractivity contribution is 6.30. The Morgan fingerprint density at radius 1 is 1.39 bits per heavy atom. The van der Waals surface area contributed by atoms with Gasteiger partial charge in [-0.1, -0.05) is 11.6 Å². The van der Waals surface area contributed by atoms with Crippen LogP contribution in [0.25, 0.3) is 5.69 Å². The number of nitrogens with one attached hydrogen (secondary N) is 1. The summed E-state index contributed by atoms with van der Waals surface area (Å²) in [4.78, 5) is 0. The van der Waals surface area contributed by atoms with Crippen LogP contribution in [0.3, 0.4) is 0 Å². The monoisotopic (exact) mass is 265 g/mol. The second-order valence-corrected chi connectivity index (χ2v) is 4.97. The highest BCUT2D eigenvalue weighted by Gasteiger charge is 2.20. The third-order valence-electron chi connectivity index (χ3n) is 2.91. The molecule has 1 saturated carbocycles. The summed E-state index contributed by atoms with van der Waals surface area (Å²) in [5, 5.41) is 8.15. The molecule has 0 atom stereocenters. The Balaban J connectivity index is 1.78. The van der Waals surface area contributed by atoms with Crippen molar-refractivity contribution >= 4 is 11.6 Å². The van der Waals surface area contributed by atoms with Crippen LogP contribution in [0, 0.1) is 5.82 Å². The zero-order chi connectivity index (χ0) is 12.5. The molecule has 18 heavy (non-hydrogen) atoms. The molecule has 1 aliphatic carbocycles. The van der Waals surface area contributed by atoms with Crippen molar-refractivity contribution in [2.75, 3.05) is 0 Å². The van der Waals surface area contributed by atoms with E-state index in [2.05, 4.69) is 10.4 Å². The minimum absolute atomic E-state index is 0.356. The quantitative estimate of drug-likeness (QED) is 0.921. The first-order chi connectivity index (χ1) is 8.70. The van der Waals surface area contributed by atoms with E-state index in [0.29, 0.717) is 16.8 Å². The lowest BCUT2D eigenvalue weighted by Crippen LogP contribution is -2.15. The van der Waals surface area contributed by atoms with E-state index < -0.39 is 0 Å². The highest BCUT2D eigenvalue weighted by atomic mass is 35.5. The van der Waals surface area contributed by atoms with Gasteiger partial charge in [-0.25, -0.2) is 9.07 Å². The van der Waals surface area contributed by atoms with Crippen LogP contribution >= 0.6 is 11.6 Å². The lowest BCUT2D eigenvalue weighted by Gasteiger charge is -2.03. The molecule has 1 aromatic carbocycles. The molecule has 1 aliphatic rings. The number of hydrogen-bond acceptors (Lipinski definition) is 2. The van der Waals surface area contributed by atoms with E-state index in [4.69, 9.17) is 11.6 Å². The molecular weight excluding hydrogens is 253 g/mol. The van der Waals surface area contributed by atoms with E-state index in [1.807, 2.05) is 12.3 Å². The summed E-state index contributed by atoms with van der Waals surface area (Å²) in [6.07, 6.45) is 4.31. The largest absolute Gasteiger partial charge is 0.308 e. The SMILES string of the molecule is Fc1cc(Cl)cc(-n2ccc(CNC3CC3)n2)c1. The van der Waals surface area contributed by atoms with Gasteiger partial charge in [-0.3, -0.25) is 0 Å². The molecule has 1 N–H and O–H groups in total. The summed E-state index contributed by atoms with van der Waals surface area (Å²) >= 11 is 5.82. The van der Waals surface area contributed by atoms with E-state index in [1.165, 1.54) is 25.0 Å². The van der Waals surface area contributed by atoms with Crippen molar-refractivity contribution in [2.24, 2.45) is 0 Å². The molecule has 5 heteroatoms. The van der Waals surface area contributed by atoms with Crippen molar-refractivity contribution in [3.8, 4) is 5.69 Å². The normalized spacial score (nSPS) is 15.0. The molecule has 0 bridgehead atoms. The van der Waals surface area contributed by atoms with Crippen molar-refractivity contribution < 1.29 is 4.39 Å². The second-order valence-electron chi connectivity index (χ2n) is 4.53. The van der Waals surface area contributed by atoms with Crippen LogP contribution in [0.15, 0.2) is 30.5 Å². The first-order valence-corrected chi connectivity index (χ1v) is 6.33. The number of halogens is 2. The Bertz CT molecular complexity index is 543. The van der Waals surface area contributed by atoms with Crippen molar-refractivity contribution in [3.63, 3.8) is 0 Å². The maximum Gasteiger partial charge on any atom is 0.126 e. The van der Waals surface area contributed by atoms with Crippen LogP contribution in [-0.4, -0.2) is 15.8 Å². The predicted octanol–water partition coefficient (Wildman–Crippen LogP) is 2.92. The summed E-state index contributed by atoms with van der Waals surface area (Å²) < 4.78 is 14.9. The molecule has 0 unspecified atom stereocenters. The standard InChI is InChI=1S/C13H13ClFN3/c14-9-5-10(15)7-13(6-9)18-4-3-12(17-18)8-16-11-1-2-11/h3-7,11,16H,1-2,8H2. The molecule has 0 aliphatic heterocycles. The Hall–Kier alpha value is -1.39. The Kier molecular flexibility index (Phi) is 3.06. The average Bonchev–Trinajstić information content (AvgIpc) is 3.02. The first-order valence-electron chi connectivity index (χ1n) is 5.95. The fourth-order valence-electron chi connectivity index (χ4n) is 1.81. The molecule has 1 heterocycles. The van der Waals surface area contributed by atoms with Gasteiger partial charge in [0.1, 0.15) is 5.82 Å². The summed E-state index contributed by atoms with van der Waals surface area (Å²) in [6.45, 7) is 0.751. The number of rotatable bonds is 4. The van der Waals surface area contributed by atoms with Gasteiger partial charge in [0.25, 0.3) is 0 Å². The zero-order valence-electron chi connectivity index (χ0n) is 9.74. The van der Waals surface area contributed by atoms with Crippen LogP contribution < -0.4 is 5.32 Å². The second kappa shape index (κ2) is 4.71. The Labute approximate surface area is 110 Å². The number of benzene rings is 1.